The molecule has 4 N–H and O–H groups in total. The number of hydrazine groups is 1. The van der Waals surface area contributed by atoms with Crippen LogP contribution in [0.25, 0.3) is 0 Å². The van der Waals surface area contributed by atoms with E-state index in [1.807, 2.05) is 6.92 Å². The fraction of sp³-hybridized carbons (Fsp3) is 0.0714. The van der Waals surface area contributed by atoms with E-state index in [1.54, 1.807) is 30.3 Å². The second-order valence-electron chi connectivity index (χ2n) is 4.35. The largest absolute Gasteiger partial charge is 0.324 e. The second kappa shape index (κ2) is 6.66. The fourth-order valence-electron chi connectivity index (χ4n) is 1.78. The highest BCUT2D eigenvalue weighted by Gasteiger charge is 2.13. The Bertz CT molecular complexity index is 707. The molecule has 0 fully saturated rings. The van der Waals surface area contributed by atoms with Crippen LogP contribution >= 0.6 is 39.1 Å². The summed E-state index contributed by atoms with van der Waals surface area (Å²) >= 11 is 15.4. The van der Waals surface area contributed by atoms with E-state index in [-0.39, 0.29) is 10.9 Å². The summed E-state index contributed by atoms with van der Waals surface area (Å²) in [7, 11) is 0. The minimum Gasteiger partial charge on any atom is -0.324 e. The molecule has 0 heterocycles. The zero-order valence-corrected chi connectivity index (χ0v) is 14.1. The van der Waals surface area contributed by atoms with Crippen LogP contribution in [-0.4, -0.2) is 5.91 Å². The molecule has 0 saturated heterocycles. The number of nitrogens with one attached hydrogen (secondary N) is 2. The molecule has 0 aliphatic heterocycles. The van der Waals surface area contributed by atoms with Crippen LogP contribution in [0.4, 0.5) is 11.4 Å². The van der Waals surface area contributed by atoms with Gasteiger partial charge in [-0.25, -0.2) is 0 Å². The predicted octanol–water partition coefficient (Wildman–Crippen LogP) is 4.60. The third kappa shape index (κ3) is 3.49. The maximum atomic E-state index is 12.2. The van der Waals surface area contributed by atoms with Crippen molar-refractivity contribution >= 4 is 56.4 Å². The number of carbonyl (C=O) groups excluding carboxylic acids is 1. The number of hydrogen-bond acceptors (Lipinski definition) is 3. The van der Waals surface area contributed by atoms with E-state index in [0.29, 0.717) is 20.7 Å². The summed E-state index contributed by atoms with van der Waals surface area (Å²) in [5.41, 5.74) is 5.14. The molecule has 2 aromatic carbocycles. The van der Waals surface area contributed by atoms with Gasteiger partial charge >= 0.3 is 0 Å². The van der Waals surface area contributed by atoms with E-state index in [4.69, 9.17) is 29.0 Å². The number of rotatable bonds is 3. The van der Waals surface area contributed by atoms with Gasteiger partial charge in [0.05, 0.1) is 21.4 Å². The lowest BCUT2D eigenvalue weighted by atomic mass is 10.1. The molecule has 0 atom stereocenters. The Morgan fingerprint density at radius 2 is 1.81 bits per heavy atom. The van der Waals surface area contributed by atoms with Crippen LogP contribution in [0, 0.1) is 6.92 Å². The molecule has 110 valence electrons. The van der Waals surface area contributed by atoms with E-state index in [1.165, 1.54) is 0 Å². The third-order valence-corrected chi connectivity index (χ3v) is 4.70. The average molecular weight is 389 g/mol. The number of aryl methyl sites for hydroxylation is 1. The SMILES string of the molecule is Cc1cc(C(=O)Nc2ccc(Br)c(Cl)c2Cl)ccc1NN. The van der Waals surface area contributed by atoms with Gasteiger partial charge in [0.2, 0.25) is 0 Å². The quantitative estimate of drug-likeness (QED) is 0.408. The lowest BCUT2D eigenvalue weighted by molar-refractivity contribution is 0.102. The Morgan fingerprint density at radius 1 is 1.14 bits per heavy atom. The van der Waals surface area contributed by atoms with Crippen LogP contribution in [0.3, 0.4) is 0 Å². The van der Waals surface area contributed by atoms with Gasteiger partial charge in [0.15, 0.2) is 0 Å². The Morgan fingerprint density at radius 3 is 2.43 bits per heavy atom. The molecular weight excluding hydrogens is 377 g/mol. The van der Waals surface area contributed by atoms with Crippen LogP contribution in [0.1, 0.15) is 15.9 Å². The van der Waals surface area contributed by atoms with Crippen LogP contribution in [0.2, 0.25) is 10.0 Å². The van der Waals surface area contributed by atoms with E-state index in [0.717, 1.165) is 11.3 Å². The molecule has 2 rings (SSSR count). The van der Waals surface area contributed by atoms with E-state index < -0.39 is 0 Å². The maximum absolute atomic E-state index is 12.2. The lowest BCUT2D eigenvalue weighted by Gasteiger charge is -2.11. The van der Waals surface area contributed by atoms with Crippen LogP contribution in [0.15, 0.2) is 34.8 Å². The zero-order valence-electron chi connectivity index (χ0n) is 11.0. The molecule has 21 heavy (non-hydrogen) atoms. The first-order valence-corrected chi connectivity index (χ1v) is 7.51. The first kappa shape index (κ1) is 16.1. The topological polar surface area (TPSA) is 67.2 Å². The van der Waals surface area contributed by atoms with E-state index >= 15 is 0 Å². The highest BCUT2D eigenvalue weighted by atomic mass is 79.9. The monoisotopic (exact) mass is 387 g/mol. The van der Waals surface area contributed by atoms with Gasteiger partial charge in [-0.05, 0) is 58.7 Å². The first-order chi connectivity index (χ1) is 9.93. The number of carbonyl (C=O) groups is 1. The molecule has 0 aromatic heterocycles. The minimum absolute atomic E-state index is 0.276. The van der Waals surface area contributed by atoms with E-state index in [9.17, 15) is 4.79 Å². The molecule has 0 spiro atoms. The molecule has 4 nitrogen and oxygen atoms in total. The van der Waals surface area contributed by atoms with Gasteiger partial charge in [0.25, 0.3) is 5.91 Å². The molecule has 2 aromatic rings. The Labute approximate surface area is 140 Å². The number of amides is 1. The summed E-state index contributed by atoms with van der Waals surface area (Å²) in [6, 6.07) is 8.54. The molecule has 0 bridgehead atoms. The summed E-state index contributed by atoms with van der Waals surface area (Å²) in [6.45, 7) is 1.86. The van der Waals surface area contributed by atoms with Crippen molar-refractivity contribution in [3.05, 3.63) is 56.0 Å². The number of nitrogen functional groups attached to an aromatic ring is 1. The van der Waals surface area contributed by atoms with Gasteiger partial charge < -0.3 is 10.7 Å². The Hall–Kier alpha value is -1.27. The van der Waals surface area contributed by atoms with Crippen molar-refractivity contribution in [1.82, 2.24) is 0 Å². The van der Waals surface area contributed by atoms with Crippen molar-refractivity contribution in [2.45, 2.75) is 6.92 Å². The van der Waals surface area contributed by atoms with Crippen molar-refractivity contribution in [1.29, 1.82) is 0 Å². The van der Waals surface area contributed by atoms with Crippen LogP contribution in [-0.2, 0) is 0 Å². The average Bonchev–Trinajstić information content (AvgIpc) is 2.47. The smallest absolute Gasteiger partial charge is 0.255 e. The molecule has 0 radical (unpaired) electrons. The number of halogens is 3. The van der Waals surface area contributed by atoms with Gasteiger partial charge in [0, 0.05) is 10.0 Å². The Kier molecular flexibility index (Phi) is 5.11. The standard InChI is InChI=1S/C14H12BrCl2N3O/c1-7-6-8(2-4-10(7)20-18)14(21)19-11-5-3-9(15)12(16)13(11)17/h2-6,20H,18H2,1H3,(H,19,21). The number of nitrogens with two attached hydrogens (primary N) is 1. The van der Waals surface area contributed by atoms with Crippen LogP contribution in [0.5, 0.6) is 0 Å². The molecular formula is C14H12BrCl2N3O. The van der Waals surface area contributed by atoms with Gasteiger partial charge in [-0.2, -0.15) is 0 Å². The lowest BCUT2D eigenvalue weighted by Crippen LogP contribution is -2.14. The first-order valence-electron chi connectivity index (χ1n) is 5.96. The van der Waals surface area contributed by atoms with Gasteiger partial charge in [-0.1, -0.05) is 23.2 Å². The molecule has 0 aliphatic carbocycles. The second-order valence-corrected chi connectivity index (χ2v) is 5.96. The van der Waals surface area contributed by atoms with Crippen LogP contribution < -0.4 is 16.6 Å². The number of anilines is 2. The molecule has 7 heteroatoms. The van der Waals surface area contributed by atoms with Crippen molar-refractivity contribution < 1.29 is 4.79 Å². The normalized spacial score (nSPS) is 10.3. The highest BCUT2D eigenvalue weighted by Crippen LogP contribution is 2.36. The van der Waals surface area contributed by atoms with Gasteiger partial charge in [0.1, 0.15) is 0 Å². The number of benzene rings is 2. The molecule has 0 aliphatic rings. The zero-order chi connectivity index (χ0) is 15.6. The summed E-state index contributed by atoms with van der Waals surface area (Å²) in [5.74, 6) is 5.09. The predicted molar refractivity (Wildman–Crippen MR) is 91.1 cm³/mol. The van der Waals surface area contributed by atoms with Crippen molar-refractivity contribution in [3.8, 4) is 0 Å². The van der Waals surface area contributed by atoms with Crippen molar-refractivity contribution in [2.75, 3.05) is 10.7 Å². The van der Waals surface area contributed by atoms with Gasteiger partial charge in [-0.15, -0.1) is 0 Å². The highest BCUT2D eigenvalue weighted by molar-refractivity contribution is 9.10. The van der Waals surface area contributed by atoms with Gasteiger partial charge in [-0.3, -0.25) is 10.6 Å². The Balaban J connectivity index is 2.26. The van der Waals surface area contributed by atoms with Crippen molar-refractivity contribution in [3.63, 3.8) is 0 Å². The van der Waals surface area contributed by atoms with E-state index in [2.05, 4.69) is 26.7 Å². The molecule has 0 saturated carbocycles. The molecule has 1 amide bonds. The summed E-state index contributed by atoms with van der Waals surface area (Å²) in [5, 5.41) is 3.37. The minimum atomic E-state index is -0.276. The summed E-state index contributed by atoms with van der Waals surface area (Å²) in [4.78, 5) is 12.2. The molecule has 0 unspecified atom stereocenters. The number of hydrogen-bond donors (Lipinski definition) is 3. The third-order valence-electron chi connectivity index (χ3n) is 2.93. The fourth-order valence-corrected chi connectivity index (χ4v) is 2.61. The summed E-state index contributed by atoms with van der Waals surface area (Å²) in [6.07, 6.45) is 0. The maximum Gasteiger partial charge on any atom is 0.255 e. The summed E-state index contributed by atoms with van der Waals surface area (Å²) < 4.78 is 0.668. The van der Waals surface area contributed by atoms with Crippen molar-refractivity contribution in [2.24, 2.45) is 5.84 Å².